The molecule has 1 heterocycles. The number of amides is 3. The number of rotatable bonds is 10. The van der Waals surface area contributed by atoms with Gasteiger partial charge in [-0.1, -0.05) is 35.1 Å². The molecule has 0 saturated carbocycles. The summed E-state index contributed by atoms with van der Waals surface area (Å²) in [4.78, 5) is 36.5. The van der Waals surface area contributed by atoms with Gasteiger partial charge in [0.25, 0.3) is 11.8 Å². The predicted octanol–water partition coefficient (Wildman–Crippen LogP) is 2.59. The summed E-state index contributed by atoms with van der Waals surface area (Å²) in [6.45, 7) is 2.50. The summed E-state index contributed by atoms with van der Waals surface area (Å²) in [7, 11) is 1.55. The largest absolute Gasteiger partial charge is 0.497 e. The van der Waals surface area contributed by atoms with E-state index in [1.165, 1.54) is 11.3 Å². The molecule has 10 heteroatoms. The molecular weight excluding hydrogens is 442 g/mol. The van der Waals surface area contributed by atoms with Crippen molar-refractivity contribution in [2.24, 2.45) is 0 Å². The van der Waals surface area contributed by atoms with Gasteiger partial charge in [0.1, 0.15) is 10.8 Å². The van der Waals surface area contributed by atoms with Crippen molar-refractivity contribution in [1.29, 1.82) is 0 Å². The van der Waals surface area contributed by atoms with Gasteiger partial charge in [-0.2, -0.15) is 0 Å². The summed E-state index contributed by atoms with van der Waals surface area (Å²) in [5.74, 6) is -0.0872. The third-order valence-electron chi connectivity index (χ3n) is 4.59. The van der Waals surface area contributed by atoms with E-state index < -0.39 is 0 Å². The van der Waals surface area contributed by atoms with Gasteiger partial charge in [-0.05, 0) is 37.3 Å². The third-order valence-corrected chi connectivity index (χ3v) is 5.49. The highest BCUT2D eigenvalue weighted by Gasteiger charge is 2.11. The average Bonchev–Trinajstić information content (AvgIpc) is 3.25. The van der Waals surface area contributed by atoms with Gasteiger partial charge in [0, 0.05) is 37.1 Å². The lowest BCUT2D eigenvalue weighted by Gasteiger charge is -2.06. The van der Waals surface area contributed by atoms with Crippen molar-refractivity contribution in [3.05, 3.63) is 70.2 Å². The van der Waals surface area contributed by atoms with Crippen molar-refractivity contribution in [2.75, 3.05) is 25.5 Å². The number of nitrogens with one attached hydrogen (secondary N) is 3. The predicted molar refractivity (Wildman–Crippen MR) is 126 cm³/mol. The number of aryl methyl sites for hydroxylation is 1. The second-order valence-corrected chi connectivity index (χ2v) is 8.22. The number of ether oxygens (including phenoxy) is 1. The number of hydrogen-bond donors (Lipinski definition) is 3. The fraction of sp³-hybridized carbons (Fsp3) is 0.261. The van der Waals surface area contributed by atoms with Crippen molar-refractivity contribution in [1.82, 2.24) is 20.8 Å². The maximum absolute atomic E-state index is 12.2. The van der Waals surface area contributed by atoms with Gasteiger partial charge >= 0.3 is 0 Å². The Hall–Kier alpha value is -3.79. The minimum absolute atomic E-state index is 0.114. The number of hydrogen-bond acceptors (Lipinski definition) is 7. The van der Waals surface area contributed by atoms with Crippen LogP contribution < -0.4 is 20.7 Å². The fourth-order valence-electron chi connectivity index (χ4n) is 2.91. The molecule has 0 spiro atoms. The Kier molecular flexibility index (Phi) is 8.48. The molecule has 0 radical (unpaired) electrons. The zero-order valence-corrected chi connectivity index (χ0v) is 19.2. The summed E-state index contributed by atoms with van der Waals surface area (Å²) in [5, 5.41) is 17.3. The van der Waals surface area contributed by atoms with Crippen molar-refractivity contribution in [2.45, 2.75) is 19.8 Å². The Balaban J connectivity index is 1.37. The van der Waals surface area contributed by atoms with E-state index in [4.69, 9.17) is 4.74 Å². The van der Waals surface area contributed by atoms with Gasteiger partial charge in [0.2, 0.25) is 11.0 Å². The number of methoxy groups -OCH3 is 1. The van der Waals surface area contributed by atoms with E-state index in [1.807, 2.05) is 19.1 Å². The first-order valence-corrected chi connectivity index (χ1v) is 11.2. The highest BCUT2D eigenvalue weighted by Crippen LogP contribution is 2.16. The lowest BCUT2D eigenvalue weighted by Crippen LogP contribution is -2.27. The van der Waals surface area contributed by atoms with Gasteiger partial charge in [-0.3, -0.25) is 14.4 Å². The number of anilines is 1. The van der Waals surface area contributed by atoms with Crippen LogP contribution in [0.1, 0.15) is 37.7 Å². The Morgan fingerprint density at radius 3 is 2.36 bits per heavy atom. The first-order chi connectivity index (χ1) is 15.9. The molecule has 0 fully saturated rings. The van der Waals surface area contributed by atoms with E-state index in [0.717, 1.165) is 5.56 Å². The van der Waals surface area contributed by atoms with E-state index in [0.29, 0.717) is 40.0 Å². The molecule has 9 nitrogen and oxygen atoms in total. The van der Waals surface area contributed by atoms with Gasteiger partial charge in [-0.15, -0.1) is 10.2 Å². The third kappa shape index (κ3) is 7.39. The Morgan fingerprint density at radius 1 is 0.939 bits per heavy atom. The minimum atomic E-state index is -0.270. The minimum Gasteiger partial charge on any atom is -0.497 e. The molecule has 0 bridgehead atoms. The summed E-state index contributed by atoms with van der Waals surface area (Å²) in [6, 6.07) is 14.1. The molecule has 3 aromatic rings. The quantitative estimate of drug-likeness (QED) is 0.421. The summed E-state index contributed by atoms with van der Waals surface area (Å²) < 4.78 is 5.12. The topological polar surface area (TPSA) is 122 Å². The number of nitrogens with zero attached hydrogens (tertiary/aromatic N) is 2. The van der Waals surface area contributed by atoms with Crippen molar-refractivity contribution in [3.8, 4) is 5.75 Å². The highest BCUT2D eigenvalue weighted by molar-refractivity contribution is 7.15. The SMILES string of the molecule is COc1cccc(C(=O)NCCc2nnc(NC(=O)CCNC(=O)c3cccc(C)c3)s2)c1. The number of carbonyl (C=O) groups excluding carboxylic acids is 3. The van der Waals surface area contributed by atoms with Gasteiger partial charge in [0.05, 0.1) is 7.11 Å². The molecule has 172 valence electrons. The molecule has 0 aliphatic heterocycles. The van der Waals surface area contributed by atoms with Gasteiger partial charge in [-0.25, -0.2) is 0 Å². The molecule has 0 unspecified atom stereocenters. The Bertz CT molecular complexity index is 1130. The molecule has 3 N–H and O–H groups in total. The second-order valence-electron chi connectivity index (χ2n) is 7.16. The van der Waals surface area contributed by atoms with Crippen LogP contribution in [0.5, 0.6) is 5.75 Å². The van der Waals surface area contributed by atoms with Gasteiger partial charge < -0.3 is 20.7 Å². The monoisotopic (exact) mass is 467 g/mol. The second kappa shape index (κ2) is 11.7. The smallest absolute Gasteiger partial charge is 0.251 e. The summed E-state index contributed by atoms with van der Waals surface area (Å²) in [5.41, 5.74) is 2.06. The van der Waals surface area contributed by atoms with Crippen molar-refractivity contribution in [3.63, 3.8) is 0 Å². The number of aromatic nitrogens is 2. The van der Waals surface area contributed by atoms with Crippen LogP contribution in [0.3, 0.4) is 0 Å². The normalized spacial score (nSPS) is 10.4. The first-order valence-electron chi connectivity index (χ1n) is 10.3. The highest BCUT2D eigenvalue weighted by atomic mass is 32.1. The van der Waals surface area contributed by atoms with Crippen LogP contribution in [-0.2, 0) is 11.2 Å². The van der Waals surface area contributed by atoms with Crippen LogP contribution in [-0.4, -0.2) is 48.1 Å². The molecule has 1 aromatic heterocycles. The van der Waals surface area contributed by atoms with Crippen molar-refractivity contribution >= 4 is 34.2 Å². The Morgan fingerprint density at radius 2 is 1.64 bits per heavy atom. The number of benzene rings is 2. The first kappa shape index (κ1) is 23.9. The molecule has 33 heavy (non-hydrogen) atoms. The van der Waals surface area contributed by atoms with E-state index in [2.05, 4.69) is 26.1 Å². The van der Waals surface area contributed by atoms with Crippen LogP contribution in [0.25, 0.3) is 0 Å². The molecule has 3 amide bonds. The van der Waals surface area contributed by atoms with E-state index in [1.54, 1.807) is 43.5 Å². The lowest BCUT2D eigenvalue weighted by atomic mass is 10.1. The van der Waals surface area contributed by atoms with Crippen LogP contribution in [0.2, 0.25) is 0 Å². The average molecular weight is 468 g/mol. The van der Waals surface area contributed by atoms with Crippen molar-refractivity contribution < 1.29 is 19.1 Å². The zero-order valence-electron chi connectivity index (χ0n) is 18.4. The standard InChI is InChI=1S/C23H25N5O4S/c1-15-5-3-6-16(13-15)21(30)24-11-9-19(29)26-23-28-27-20(33-23)10-12-25-22(31)17-7-4-8-18(14-17)32-2/h3-8,13-14H,9-12H2,1-2H3,(H,24,30)(H,25,31)(H,26,28,29). The maximum Gasteiger partial charge on any atom is 0.251 e. The molecule has 0 atom stereocenters. The lowest BCUT2D eigenvalue weighted by molar-refractivity contribution is -0.116. The molecule has 3 rings (SSSR count). The van der Waals surface area contributed by atoms with Crippen LogP contribution in [0.4, 0.5) is 5.13 Å². The van der Waals surface area contributed by atoms with E-state index in [-0.39, 0.29) is 30.7 Å². The molecule has 0 aliphatic rings. The molecule has 2 aromatic carbocycles. The summed E-state index contributed by atoms with van der Waals surface area (Å²) >= 11 is 1.24. The Labute approximate surface area is 195 Å². The molecule has 0 aliphatic carbocycles. The van der Waals surface area contributed by atoms with E-state index >= 15 is 0 Å². The maximum atomic E-state index is 12.2. The summed E-state index contributed by atoms with van der Waals surface area (Å²) in [6.07, 6.45) is 0.596. The van der Waals surface area contributed by atoms with Crippen LogP contribution >= 0.6 is 11.3 Å². The zero-order chi connectivity index (χ0) is 23.6. The van der Waals surface area contributed by atoms with E-state index in [9.17, 15) is 14.4 Å². The van der Waals surface area contributed by atoms with Crippen LogP contribution in [0, 0.1) is 6.92 Å². The molecular formula is C23H25N5O4S. The number of carbonyl (C=O) groups is 3. The molecule has 0 saturated heterocycles. The van der Waals surface area contributed by atoms with Gasteiger partial charge in [0.15, 0.2) is 0 Å². The van der Waals surface area contributed by atoms with Crippen LogP contribution in [0.15, 0.2) is 48.5 Å². The fourth-order valence-corrected chi connectivity index (χ4v) is 3.67.